The lowest BCUT2D eigenvalue weighted by Gasteiger charge is -2.42. The van der Waals surface area contributed by atoms with Crippen LogP contribution in [0.25, 0.3) is 0 Å². The lowest BCUT2D eigenvalue weighted by molar-refractivity contribution is -0.134. The summed E-state index contributed by atoms with van der Waals surface area (Å²) in [6.45, 7) is 1.77. The number of hydrogen-bond acceptors (Lipinski definition) is 7. The van der Waals surface area contributed by atoms with Gasteiger partial charge in [-0.05, 0) is 58.1 Å². The first-order valence-electron chi connectivity index (χ1n) is 11.1. The summed E-state index contributed by atoms with van der Waals surface area (Å²) >= 11 is 0. The molecule has 11 heteroatoms. The molecule has 2 aliphatic heterocycles. The number of anilines is 1. The van der Waals surface area contributed by atoms with Crippen LogP contribution in [0.3, 0.4) is 0 Å². The van der Waals surface area contributed by atoms with Crippen molar-refractivity contribution in [3.63, 3.8) is 0 Å². The van der Waals surface area contributed by atoms with Gasteiger partial charge in [0.25, 0.3) is 5.91 Å². The standard InChI is InChI=1S/C22H34N4O6S/c1-25(2)11-5-10-23-21(27)13-16-7-8-18-20(32-16)14-31-19-9-6-15(24-33(4,29)30)12-17(19)22(28)26(18)3/h6,9,12,16,18,20,24H,5,7-8,10-11,13-14H2,1-4H3,(H,23,27)/t16-,18-,20+/m1/s1. The first-order valence-corrected chi connectivity index (χ1v) is 13.0. The van der Waals surface area contributed by atoms with Crippen molar-refractivity contribution < 1.29 is 27.5 Å². The van der Waals surface area contributed by atoms with Gasteiger partial charge in [-0.25, -0.2) is 8.42 Å². The third kappa shape index (κ3) is 7.05. The van der Waals surface area contributed by atoms with Crippen LogP contribution in [-0.2, 0) is 19.6 Å². The number of benzene rings is 1. The minimum atomic E-state index is -3.47. The number of carbonyl (C=O) groups is 2. The molecular weight excluding hydrogens is 448 g/mol. The van der Waals surface area contributed by atoms with E-state index in [0.29, 0.717) is 36.4 Å². The fraction of sp³-hybridized carbons (Fsp3) is 0.636. The highest BCUT2D eigenvalue weighted by Crippen LogP contribution is 2.32. The highest BCUT2D eigenvalue weighted by atomic mass is 32.2. The monoisotopic (exact) mass is 482 g/mol. The van der Waals surface area contributed by atoms with E-state index in [4.69, 9.17) is 9.47 Å². The van der Waals surface area contributed by atoms with Crippen LogP contribution in [-0.4, -0.2) is 95.4 Å². The second-order valence-electron chi connectivity index (χ2n) is 8.96. The van der Waals surface area contributed by atoms with Crippen molar-refractivity contribution in [2.24, 2.45) is 0 Å². The van der Waals surface area contributed by atoms with E-state index >= 15 is 0 Å². The molecule has 2 heterocycles. The maximum Gasteiger partial charge on any atom is 0.257 e. The molecular formula is C22H34N4O6S. The molecule has 3 rings (SSSR count). The molecule has 33 heavy (non-hydrogen) atoms. The number of sulfonamides is 1. The number of nitrogens with zero attached hydrogens (tertiary/aromatic N) is 2. The first kappa shape index (κ1) is 25.3. The number of rotatable bonds is 8. The van der Waals surface area contributed by atoms with Gasteiger partial charge in [0.2, 0.25) is 15.9 Å². The third-order valence-electron chi connectivity index (χ3n) is 5.83. The Morgan fingerprint density at radius 2 is 2.03 bits per heavy atom. The molecule has 2 aliphatic rings. The van der Waals surface area contributed by atoms with Gasteiger partial charge in [0.1, 0.15) is 18.5 Å². The molecule has 1 fully saturated rings. The first-order chi connectivity index (χ1) is 15.5. The zero-order valence-corrected chi connectivity index (χ0v) is 20.5. The Bertz CT molecular complexity index is 968. The summed E-state index contributed by atoms with van der Waals surface area (Å²) in [6, 6.07) is 4.42. The average molecular weight is 483 g/mol. The van der Waals surface area contributed by atoms with Crippen LogP contribution < -0.4 is 14.8 Å². The Balaban J connectivity index is 1.63. The van der Waals surface area contributed by atoms with E-state index < -0.39 is 10.0 Å². The van der Waals surface area contributed by atoms with E-state index in [-0.39, 0.29) is 43.1 Å². The normalized spacial score (nSPS) is 23.1. The molecule has 0 unspecified atom stereocenters. The Kier molecular flexibility index (Phi) is 8.19. The van der Waals surface area contributed by atoms with Crippen LogP contribution in [0.5, 0.6) is 5.75 Å². The lowest BCUT2D eigenvalue weighted by Crippen LogP contribution is -2.54. The van der Waals surface area contributed by atoms with Crippen molar-refractivity contribution in [3.05, 3.63) is 23.8 Å². The van der Waals surface area contributed by atoms with E-state index in [1.54, 1.807) is 24.1 Å². The van der Waals surface area contributed by atoms with Gasteiger partial charge < -0.3 is 24.6 Å². The Morgan fingerprint density at radius 3 is 2.73 bits per heavy atom. The zero-order chi connectivity index (χ0) is 24.2. The Hall–Kier alpha value is -2.37. The third-order valence-corrected chi connectivity index (χ3v) is 6.44. The predicted molar refractivity (Wildman–Crippen MR) is 125 cm³/mol. The topological polar surface area (TPSA) is 117 Å². The van der Waals surface area contributed by atoms with Crippen LogP contribution in [0.15, 0.2) is 18.2 Å². The summed E-state index contributed by atoms with van der Waals surface area (Å²) in [5, 5.41) is 2.94. The minimum Gasteiger partial charge on any atom is -0.490 e. The van der Waals surface area contributed by atoms with Crippen molar-refractivity contribution in [2.75, 3.05) is 51.8 Å². The van der Waals surface area contributed by atoms with Crippen molar-refractivity contribution in [1.29, 1.82) is 0 Å². The minimum absolute atomic E-state index is 0.0374. The molecule has 1 saturated heterocycles. The summed E-state index contributed by atoms with van der Waals surface area (Å²) in [6.07, 6.45) is 2.97. The van der Waals surface area contributed by atoms with Gasteiger partial charge in [-0.2, -0.15) is 0 Å². The van der Waals surface area contributed by atoms with Gasteiger partial charge in [0.05, 0.1) is 30.4 Å². The van der Waals surface area contributed by atoms with E-state index in [1.807, 2.05) is 14.1 Å². The van der Waals surface area contributed by atoms with E-state index in [9.17, 15) is 18.0 Å². The summed E-state index contributed by atoms with van der Waals surface area (Å²) in [7, 11) is 2.24. The highest BCUT2D eigenvalue weighted by molar-refractivity contribution is 7.92. The molecule has 0 aliphatic carbocycles. The second-order valence-corrected chi connectivity index (χ2v) is 10.7. The number of amides is 2. The van der Waals surface area contributed by atoms with Crippen molar-refractivity contribution >= 4 is 27.5 Å². The SMILES string of the molecule is CN(C)CCCNC(=O)C[C@H]1CC[C@@H]2[C@H](COc3ccc(NS(C)(=O)=O)cc3C(=O)N2C)O1. The van der Waals surface area contributed by atoms with E-state index in [2.05, 4.69) is 14.9 Å². The van der Waals surface area contributed by atoms with Gasteiger partial charge in [-0.3, -0.25) is 14.3 Å². The van der Waals surface area contributed by atoms with Crippen molar-refractivity contribution in [3.8, 4) is 5.75 Å². The Morgan fingerprint density at radius 1 is 1.27 bits per heavy atom. The molecule has 2 amide bonds. The molecule has 1 aromatic rings. The molecule has 0 bridgehead atoms. The van der Waals surface area contributed by atoms with Crippen LogP contribution in [0.2, 0.25) is 0 Å². The predicted octanol–water partition coefficient (Wildman–Crippen LogP) is 0.897. The summed E-state index contributed by atoms with van der Waals surface area (Å²) in [4.78, 5) is 29.2. The quantitative estimate of drug-likeness (QED) is 0.529. The fourth-order valence-electron chi connectivity index (χ4n) is 4.21. The number of fused-ring (bicyclic) bond motifs is 2. The lowest BCUT2D eigenvalue weighted by atomic mass is 9.94. The number of ether oxygens (including phenoxy) is 2. The summed E-state index contributed by atoms with van der Waals surface area (Å²) in [5.74, 6) is 0.0656. The van der Waals surface area contributed by atoms with Crippen molar-refractivity contribution in [1.82, 2.24) is 15.1 Å². The van der Waals surface area contributed by atoms with Crippen LogP contribution in [0.4, 0.5) is 5.69 Å². The summed E-state index contributed by atoms with van der Waals surface area (Å²) < 4.78 is 37.6. The maximum absolute atomic E-state index is 13.2. The smallest absolute Gasteiger partial charge is 0.257 e. The Labute approximate surface area is 195 Å². The molecule has 2 N–H and O–H groups in total. The number of likely N-dealkylation sites (N-methyl/N-ethyl adjacent to an activating group) is 1. The fourth-order valence-corrected chi connectivity index (χ4v) is 4.76. The van der Waals surface area contributed by atoms with Gasteiger partial charge >= 0.3 is 0 Å². The molecule has 10 nitrogen and oxygen atoms in total. The second kappa shape index (κ2) is 10.7. The van der Waals surface area contributed by atoms with E-state index in [0.717, 1.165) is 19.2 Å². The van der Waals surface area contributed by atoms with Crippen molar-refractivity contribution in [2.45, 2.75) is 43.9 Å². The van der Waals surface area contributed by atoms with Gasteiger partial charge in [0.15, 0.2) is 0 Å². The number of hydrogen-bond donors (Lipinski definition) is 2. The maximum atomic E-state index is 13.2. The molecule has 0 aromatic heterocycles. The largest absolute Gasteiger partial charge is 0.490 e. The van der Waals surface area contributed by atoms with Gasteiger partial charge in [-0.15, -0.1) is 0 Å². The van der Waals surface area contributed by atoms with Crippen LogP contribution in [0, 0.1) is 0 Å². The van der Waals surface area contributed by atoms with Gasteiger partial charge in [-0.1, -0.05) is 0 Å². The molecule has 0 saturated carbocycles. The molecule has 0 spiro atoms. The number of carbonyl (C=O) groups excluding carboxylic acids is 2. The average Bonchev–Trinajstić information content (AvgIpc) is 2.73. The summed E-state index contributed by atoms with van der Waals surface area (Å²) in [5.41, 5.74) is 0.596. The molecule has 3 atom stereocenters. The zero-order valence-electron chi connectivity index (χ0n) is 19.7. The molecule has 0 radical (unpaired) electrons. The molecule has 184 valence electrons. The highest BCUT2D eigenvalue weighted by Gasteiger charge is 2.39. The van der Waals surface area contributed by atoms with E-state index in [1.165, 1.54) is 6.07 Å². The van der Waals surface area contributed by atoms with Gasteiger partial charge in [0, 0.05) is 19.3 Å². The van der Waals surface area contributed by atoms with Crippen LogP contribution >= 0.6 is 0 Å². The molecule has 1 aromatic carbocycles. The van der Waals surface area contributed by atoms with Crippen LogP contribution in [0.1, 0.15) is 36.0 Å². The number of nitrogens with one attached hydrogen (secondary N) is 2.